The molecule has 0 spiro atoms. The van der Waals surface area contributed by atoms with Crippen molar-refractivity contribution in [3.63, 3.8) is 0 Å². The molecule has 25 heavy (non-hydrogen) atoms. The van der Waals surface area contributed by atoms with Crippen LogP contribution in [0.15, 0.2) is 42.7 Å². The maximum atomic E-state index is 13.5. The average Bonchev–Trinajstić information content (AvgIpc) is 2.97. The third-order valence-electron chi connectivity index (χ3n) is 4.75. The van der Waals surface area contributed by atoms with E-state index in [4.69, 9.17) is 0 Å². The number of β-amino-alcohol motifs (C(OH)–C–C–N with tert-alkyl or cyclic N) is 1. The van der Waals surface area contributed by atoms with Gasteiger partial charge < -0.3 is 9.67 Å². The van der Waals surface area contributed by atoms with E-state index in [1.807, 2.05) is 6.07 Å². The van der Waals surface area contributed by atoms with Gasteiger partial charge in [-0.25, -0.2) is 13.8 Å². The Morgan fingerprint density at radius 1 is 1.08 bits per heavy atom. The van der Waals surface area contributed by atoms with Crippen molar-refractivity contribution >= 4 is 11.0 Å². The van der Waals surface area contributed by atoms with Gasteiger partial charge in [-0.1, -0.05) is 24.3 Å². The largest absolute Gasteiger partial charge is 0.390 e. The zero-order chi connectivity index (χ0) is 17.4. The lowest BCUT2D eigenvalue weighted by atomic mass is 10.00. The zero-order valence-electron chi connectivity index (χ0n) is 13.7. The number of aliphatic hydroxyl groups excluding tert-OH is 1. The maximum Gasteiger partial charge on any atom is 0.161 e. The summed E-state index contributed by atoms with van der Waals surface area (Å²) in [5.74, 6) is -1.82. The molecule has 4 nitrogen and oxygen atoms in total. The minimum absolute atomic E-state index is 0.291. The number of hydrogen-bond donors (Lipinski definition) is 1. The fourth-order valence-electron chi connectivity index (χ4n) is 3.49. The Bertz CT molecular complexity index is 909. The normalized spacial score (nSPS) is 16.1. The molecule has 0 fully saturated rings. The molecule has 0 bridgehead atoms. The molecule has 2 aromatic carbocycles. The molecule has 2 heterocycles. The summed E-state index contributed by atoms with van der Waals surface area (Å²) in [5.41, 5.74) is 3.54. The van der Waals surface area contributed by atoms with Gasteiger partial charge in [-0.15, -0.1) is 0 Å². The molecule has 1 atom stereocenters. The van der Waals surface area contributed by atoms with E-state index in [-0.39, 0.29) is 0 Å². The van der Waals surface area contributed by atoms with Crippen LogP contribution in [0, 0.1) is 11.6 Å². The molecule has 0 amide bonds. The third-order valence-corrected chi connectivity index (χ3v) is 4.75. The van der Waals surface area contributed by atoms with Gasteiger partial charge in [0.15, 0.2) is 11.6 Å². The monoisotopic (exact) mass is 343 g/mol. The summed E-state index contributed by atoms with van der Waals surface area (Å²) in [4.78, 5) is 6.30. The number of benzene rings is 2. The smallest absolute Gasteiger partial charge is 0.161 e. The van der Waals surface area contributed by atoms with Gasteiger partial charge >= 0.3 is 0 Å². The number of aromatic nitrogens is 2. The molecule has 1 aliphatic heterocycles. The molecule has 1 aromatic heterocycles. The van der Waals surface area contributed by atoms with Crippen LogP contribution in [0.3, 0.4) is 0 Å². The van der Waals surface area contributed by atoms with Gasteiger partial charge in [0.1, 0.15) is 0 Å². The fraction of sp³-hybridized carbons (Fsp3) is 0.316. The first-order valence-electron chi connectivity index (χ1n) is 8.37. The Hall–Kier alpha value is -2.31. The van der Waals surface area contributed by atoms with Gasteiger partial charge in [-0.2, -0.15) is 0 Å². The van der Waals surface area contributed by atoms with E-state index >= 15 is 0 Å². The van der Waals surface area contributed by atoms with Crippen LogP contribution in [0.5, 0.6) is 0 Å². The SMILES string of the molecule is OC(CN1CCc2ccccc2C1)Cn1cnc2cc(F)c(F)cc21. The number of nitrogens with zero attached hydrogens (tertiary/aromatic N) is 3. The van der Waals surface area contributed by atoms with Crippen LogP contribution in [0.4, 0.5) is 8.78 Å². The quantitative estimate of drug-likeness (QED) is 0.792. The predicted octanol–water partition coefficient (Wildman–Crippen LogP) is 2.73. The molecule has 0 radical (unpaired) electrons. The van der Waals surface area contributed by atoms with E-state index in [0.717, 1.165) is 31.6 Å². The molecule has 1 aliphatic rings. The minimum atomic E-state index is -0.912. The first-order valence-corrected chi connectivity index (χ1v) is 8.37. The molecule has 1 N–H and O–H groups in total. The highest BCUT2D eigenvalue weighted by Gasteiger charge is 2.19. The van der Waals surface area contributed by atoms with Gasteiger partial charge in [-0.05, 0) is 17.5 Å². The summed E-state index contributed by atoms with van der Waals surface area (Å²) in [6.07, 6.45) is 1.87. The zero-order valence-corrected chi connectivity index (χ0v) is 13.7. The van der Waals surface area contributed by atoms with Crippen molar-refractivity contribution in [1.82, 2.24) is 14.5 Å². The second kappa shape index (κ2) is 6.54. The summed E-state index contributed by atoms with van der Waals surface area (Å²) >= 11 is 0. The van der Waals surface area contributed by atoms with E-state index in [1.54, 1.807) is 4.57 Å². The van der Waals surface area contributed by atoms with Crippen molar-refractivity contribution in [2.24, 2.45) is 0 Å². The third kappa shape index (κ3) is 3.27. The molecule has 0 saturated heterocycles. The lowest BCUT2D eigenvalue weighted by Crippen LogP contribution is -2.38. The van der Waals surface area contributed by atoms with Crippen LogP contribution in [0.1, 0.15) is 11.1 Å². The minimum Gasteiger partial charge on any atom is -0.390 e. The van der Waals surface area contributed by atoms with E-state index in [2.05, 4.69) is 28.1 Å². The van der Waals surface area contributed by atoms with Gasteiger partial charge in [-0.3, -0.25) is 4.90 Å². The molecule has 1 unspecified atom stereocenters. The summed E-state index contributed by atoms with van der Waals surface area (Å²) in [7, 11) is 0. The Morgan fingerprint density at radius 2 is 1.84 bits per heavy atom. The summed E-state index contributed by atoms with van der Waals surface area (Å²) in [5, 5.41) is 10.4. The van der Waals surface area contributed by atoms with Gasteiger partial charge in [0.05, 0.1) is 30.0 Å². The van der Waals surface area contributed by atoms with Crippen molar-refractivity contribution in [3.05, 3.63) is 65.5 Å². The van der Waals surface area contributed by atoms with Crippen LogP contribution in [0.2, 0.25) is 0 Å². The van der Waals surface area contributed by atoms with E-state index < -0.39 is 17.7 Å². The number of imidazole rings is 1. The van der Waals surface area contributed by atoms with Crippen LogP contribution < -0.4 is 0 Å². The van der Waals surface area contributed by atoms with Gasteiger partial charge in [0.2, 0.25) is 0 Å². The number of aliphatic hydroxyl groups is 1. The summed E-state index contributed by atoms with van der Waals surface area (Å²) in [6.45, 7) is 2.54. The van der Waals surface area contributed by atoms with E-state index in [0.29, 0.717) is 24.1 Å². The number of fused-ring (bicyclic) bond motifs is 2. The Balaban J connectivity index is 1.45. The Labute approximate surface area is 144 Å². The first-order chi connectivity index (χ1) is 12.1. The molecular formula is C19H19F2N3O. The number of hydrogen-bond acceptors (Lipinski definition) is 3. The van der Waals surface area contributed by atoms with Crippen molar-refractivity contribution < 1.29 is 13.9 Å². The molecule has 6 heteroatoms. The lowest BCUT2D eigenvalue weighted by Gasteiger charge is -2.30. The fourth-order valence-corrected chi connectivity index (χ4v) is 3.49. The second-order valence-electron chi connectivity index (χ2n) is 6.56. The van der Waals surface area contributed by atoms with Crippen LogP contribution >= 0.6 is 0 Å². The standard InChI is InChI=1S/C19H19F2N3O/c20-16-7-18-19(8-17(16)21)24(12-22-18)11-15(25)10-23-6-5-13-3-1-2-4-14(13)9-23/h1-4,7-8,12,15,25H,5-6,9-11H2. The topological polar surface area (TPSA) is 41.3 Å². The van der Waals surface area contributed by atoms with Crippen molar-refractivity contribution in [2.75, 3.05) is 13.1 Å². The summed E-state index contributed by atoms with van der Waals surface area (Å²) < 4.78 is 28.4. The highest BCUT2D eigenvalue weighted by atomic mass is 19.2. The maximum absolute atomic E-state index is 13.5. The van der Waals surface area contributed by atoms with Crippen LogP contribution in [0.25, 0.3) is 11.0 Å². The average molecular weight is 343 g/mol. The molecule has 130 valence electrons. The van der Waals surface area contributed by atoms with Crippen LogP contribution in [-0.4, -0.2) is 38.8 Å². The highest BCUT2D eigenvalue weighted by molar-refractivity contribution is 5.75. The molecular weight excluding hydrogens is 324 g/mol. The predicted molar refractivity (Wildman–Crippen MR) is 91.1 cm³/mol. The van der Waals surface area contributed by atoms with Crippen molar-refractivity contribution in [2.45, 2.75) is 25.6 Å². The Kier molecular flexibility index (Phi) is 4.23. The second-order valence-corrected chi connectivity index (χ2v) is 6.56. The van der Waals surface area contributed by atoms with Gasteiger partial charge in [0, 0.05) is 31.8 Å². The lowest BCUT2D eigenvalue weighted by molar-refractivity contribution is 0.0926. The van der Waals surface area contributed by atoms with Crippen LogP contribution in [-0.2, 0) is 19.5 Å². The molecule has 4 rings (SSSR count). The molecule has 0 aliphatic carbocycles. The molecule has 0 saturated carbocycles. The van der Waals surface area contributed by atoms with E-state index in [9.17, 15) is 13.9 Å². The highest BCUT2D eigenvalue weighted by Crippen LogP contribution is 2.20. The number of halogens is 2. The molecule has 3 aromatic rings. The van der Waals surface area contributed by atoms with E-state index in [1.165, 1.54) is 17.5 Å². The summed E-state index contributed by atoms with van der Waals surface area (Å²) in [6, 6.07) is 10.6. The first kappa shape index (κ1) is 16.2. The van der Waals surface area contributed by atoms with Crippen molar-refractivity contribution in [3.8, 4) is 0 Å². The van der Waals surface area contributed by atoms with Crippen molar-refractivity contribution in [1.29, 1.82) is 0 Å². The Morgan fingerprint density at radius 3 is 2.68 bits per heavy atom. The number of rotatable bonds is 4. The van der Waals surface area contributed by atoms with Gasteiger partial charge in [0.25, 0.3) is 0 Å².